The number of amides is 2. The minimum Gasteiger partial charge on any atom is -0.366 e. The Kier molecular flexibility index (Phi) is 5.89. The maximum absolute atomic E-state index is 12.3. The number of nitrogens with one attached hydrogen (secondary N) is 1. The normalized spacial score (nSPS) is 11.0. The molecule has 0 heterocycles. The molecule has 26 heavy (non-hydrogen) atoms. The molecular formula is C17H18ClN3O4S. The molecule has 0 aromatic heterocycles. The van der Waals surface area contributed by atoms with Gasteiger partial charge in [-0.05, 0) is 48.9 Å². The summed E-state index contributed by atoms with van der Waals surface area (Å²) in [6.07, 6.45) is 1.02. The summed E-state index contributed by atoms with van der Waals surface area (Å²) < 4.78 is 25.3. The molecule has 2 rings (SSSR count). The number of hydrogen-bond acceptors (Lipinski definition) is 4. The van der Waals surface area contributed by atoms with Gasteiger partial charge < -0.3 is 11.1 Å². The lowest BCUT2D eigenvalue weighted by molar-refractivity contribution is -0.114. The zero-order valence-corrected chi connectivity index (χ0v) is 15.8. The SMILES string of the molecule is Cc1ccc(Cl)cc1N(CC(=O)Nc1ccc(C(N)=O)cc1)S(C)(=O)=O. The van der Waals surface area contributed by atoms with Crippen molar-refractivity contribution in [3.63, 3.8) is 0 Å². The number of primary amides is 1. The van der Waals surface area contributed by atoms with Gasteiger partial charge in [0.1, 0.15) is 6.54 Å². The second-order valence-corrected chi connectivity index (χ2v) is 8.03. The summed E-state index contributed by atoms with van der Waals surface area (Å²) >= 11 is 5.96. The molecule has 0 aliphatic rings. The quantitative estimate of drug-likeness (QED) is 0.780. The Bertz CT molecular complexity index is 943. The molecule has 0 saturated heterocycles. The number of nitrogens with zero attached hydrogens (tertiary/aromatic N) is 1. The van der Waals surface area contributed by atoms with Crippen molar-refractivity contribution < 1.29 is 18.0 Å². The first-order valence-corrected chi connectivity index (χ1v) is 9.74. The largest absolute Gasteiger partial charge is 0.366 e. The van der Waals surface area contributed by atoms with Crippen LogP contribution in [0.1, 0.15) is 15.9 Å². The summed E-state index contributed by atoms with van der Waals surface area (Å²) in [6, 6.07) is 10.8. The molecular weight excluding hydrogens is 378 g/mol. The zero-order chi connectivity index (χ0) is 19.5. The number of carbonyl (C=O) groups is 2. The maximum Gasteiger partial charge on any atom is 0.248 e. The average molecular weight is 396 g/mol. The van der Waals surface area contributed by atoms with E-state index in [-0.39, 0.29) is 0 Å². The van der Waals surface area contributed by atoms with Crippen molar-refractivity contribution >= 4 is 44.8 Å². The molecule has 0 spiro atoms. The Balaban J connectivity index is 2.22. The van der Waals surface area contributed by atoms with E-state index in [1.165, 1.54) is 30.3 Å². The van der Waals surface area contributed by atoms with Gasteiger partial charge in [0.15, 0.2) is 0 Å². The predicted molar refractivity (Wildman–Crippen MR) is 102 cm³/mol. The lowest BCUT2D eigenvalue weighted by atomic mass is 10.2. The maximum atomic E-state index is 12.3. The first-order chi connectivity index (χ1) is 12.1. The summed E-state index contributed by atoms with van der Waals surface area (Å²) in [5.41, 5.74) is 6.87. The molecule has 2 aromatic rings. The molecule has 0 atom stereocenters. The fraction of sp³-hybridized carbons (Fsp3) is 0.176. The lowest BCUT2D eigenvalue weighted by Crippen LogP contribution is -2.37. The van der Waals surface area contributed by atoms with E-state index in [0.717, 1.165) is 10.6 Å². The van der Waals surface area contributed by atoms with Crippen molar-refractivity contribution in [2.24, 2.45) is 5.73 Å². The van der Waals surface area contributed by atoms with Crippen molar-refractivity contribution in [1.29, 1.82) is 0 Å². The molecule has 0 aliphatic carbocycles. The van der Waals surface area contributed by atoms with Gasteiger partial charge in [-0.15, -0.1) is 0 Å². The number of carbonyl (C=O) groups excluding carboxylic acids is 2. The van der Waals surface area contributed by atoms with Crippen LogP contribution in [0, 0.1) is 6.92 Å². The molecule has 0 unspecified atom stereocenters. The van der Waals surface area contributed by atoms with Crippen molar-refractivity contribution in [2.75, 3.05) is 22.4 Å². The van der Waals surface area contributed by atoms with Crippen molar-refractivity contribution in [2.45, 2.75) is 6.92 Å². The lowest BCUT2D eigenvalue weighted by Gasteiger charge is -2.23. The molecule has 0 bridgehead atoms. The van der Waals surface area contributed by atoms with E-state index in [2.05, 4.69) is 5.32 Å². The van der Waals surface area contributed by atoms with Crippen LogP contribution < -0.4 is 15.4 Å². The average Bonchev–Trinajstić information content (AvgIpc) is 2.54. The summed E-state index contributed by atoms with van der Waals surface area (Å²) in [5, 5.41) is 2.95. The number of sulfonamides is 1. The van der Waals surface area contributed by atoms with E-state index in [0.29, 0.717) is 27.5 Å². The molecule has 2 aromatic carbocycles. The molecule has 0 radical (unpaired) electrons. The highest BCUT2D eigenvalue weighted by atomic mass is 35.5. The van der Waals surface area contributed by atoms with E-state index >= 15 is 0 Å². The van der Waals surface area contributed by atoms with Crippen molar-refractivity contribution in [1.82, 2.24) is 0 Å². The minimum absolute atomic E-state index is 0.301. The van der Waals surface area contributed by atoms with Gasteiger partial charge in [0.05, 0.1) is 11.9 Å². The van der Waals surface area contributed by atoms with Crippen LogP contribution in [0.15, 0.2) is 42.5 Å². The van der Waals surface area contributed by atoms with Gasteiger partial charge in [-0.2, -0.15) is 0 Å². The van der Waals surface area contributed by atoms with Crippen molar-refractivity contribution in [3.05, 3.63) is 58.6 Å². The van der Waals surface area contributed by atoms with Crippen LogP contribution in [0.2, 0.25) is 5.02 Å². The van der Waals surface area contributed by atoms with E-state index in [4.69, 9.17) is 17.3 Å². The number of anilines is 2. The van der Waals surface area contributed by atoms with Gasteiger partial charge in [-0.3, -0.25) is 13.9 Å². The number of halogens is 1. The molecule has 0 saturated carbocycles. The summed E-state index contributed by atoms with van der Waals surface area (Å²) in [7, 11) is -3.71. The monoisotopic (exact) mass is 395 g/mol. The van der Waals surface area contributed by atoms with Crippen LogP contribution in [-0.4, -0.2) is 33.0 Å². The van der Waals surface area contributed by atoms with Gasteiger partial charge >= 0.3 is 0 Å². The van der Waals surface area contributed by atoms with E-state index < -0.39 is 28.4 Å². The standard InChI is InChI=1S/C17H18ClN3O4S/c1-11-3-6-13(18)9-15(11)21(26(2,24)25)10-16(22)20-14-7-4-12(5-8-14)17(19)23/h3-9H,10H2,1-2H3,(H2,19,23)(H,20,22). The first kappa shape index (κ1) is 19.7. The van der Waals surface area contributed by atoms with E-state index in [9.17, 15) is 18.0 Å². The second-order valence-electron chi connectivity index (χ2n) is 5.69. The number of nitrogens with two attached hydrogens (primary N) is 1. The summed E-state index contributed by atoms with van der Waals surface area (Å²) in [5.74, 6) is -1.12. The molecule has 138 valence electrons. The molecule has 7 nitrogen and oxygen atoms in total. The van der Waals surface area contributed by atoms with Crippen LogP contribution in [0.3, 0.4) is 0 Å². The number of hydrogen-bond donors (Lipinski definition) is 2. The Labute approximate surface area is 156 Å². The van der Waals surface area contributed by atoms with Crippen molar-refractivity contribution in [3.8, 4) is 0 Å². The third-order valence-electron chi connectivity index (χ3n) is 3.58. The van der Waals surface area contributed by atoms with Crippen LogP contribution in [0.4, 0.5) is 11.4 Å². The van der Waals surface area contributed by atoms with Crippen LogP contribution in [0.25, 0.3) is 0 Å². The number of aryl methyl sites for hydroxylation is 1. The zero-order valence-electron chi connectivity index (χ0n) is 14.2. The second kappa shape index (κ2) is 7.76. The third kappa shape index (κ3) is 4.96. The smallest absolute Gasteiger partial charge is 0.248 e. The molecule has 2 amide bonds. The van der Waals surface area contributed by atoms with Crippen LogP contribution in [-0.2, 0) is 14.8 Å². The van der Waals surface area contributed by atoms with E-state index in [1.54, 1.807) is 19.1 Å². The van der Waals surface area contributed by atoms with Gasteiger partial charge in [0.2, 0.25) is 21.8 Å². The topological polar surface area (TPSA) is 110 Å². The third-order valence-corrected chi connectivity index (χ3v) is 4.94. The first-order valence-electron chi connectivity index (χ1n) is 7.51. The van der Waals surface area contributed by atoms with Gasteiger partial charge in [-0.1, -0.05) is 17.7 Å². The molecule has 0 aliphatic heterocycles. The van der Waals surface area contributed by atoms with Gasteiger partial charge in [0.25, 0.3) is 0 Å². The summed E-state index contributed by atoms with van der Waals surface area (Å²) in [6.45, 7) is 1.31. The number of benzene rings is 2. The fourth-order valence-corrected chi connectivity index (χ4v) is 3.35. The van der Waals surface area contributed by atoms with E-state index in [1.807, 2.05) is 0 Å². The number of rotatable bonds is 6. The van der Waals surface area contributed by atoms with Gasteiger partial charge in [0, 0.05) is 16.3 Å². The summed E-state index contributed by atoms with van der Waals surface area (Å²) in [4.78, 5) is 23.4. The highest BCUT2D eigenvalue weighted by Crippen LogP contribution is 2.26. The molecule has 9 heteroatoms. The highest BCUT2D eigenvalue weighted by Gasteiger charge is 2.22. The Morgan fingerprint density at radius 3 is 2.31 bits per heavy atom. The van der Waals surface area contributed by atoms with Gasteiger partial charge in [-0.25, -0.2) is 8.42 Å². The fourth-order valence-electron chi connectivity index (χ4n) is 2.28. The predicted octanol–water partition coefficient (Wildman–Crippen LogP) is 2.15. The van der Waals surface area contributed by atoms with Crippen LogP contribution >= 0.6 is 11.6 Å². The van der Waals surface area contributed by atoms with Crippen LogP contribution in [0.5, 0.6) is 0 Å². The Morgan fingerprint density at radius 1 is 1.15 bits per heavy atom. The molecule has 3 N–H and O–H groups in total. The Hall–Kier alpha value is -2.58. The minimum atomic E-state index is -3.71. The highest BCUT2D eigenvalue weighted by molar-refractivity contribution is 7.92. The Morgan fingerprint density at radius 2 is 1.77 bits per heavy atom. The molecule has 0 fully saturated rings.